The first-order valence-electron chi connectivity index (χ1n) is 42.1. The van der Waals surface area contributed by atoms with E-state index in [1.54, 1.807) is 0 Å². The molecule has 0 heterocycles. The highest BCUT2D eigenvalue weighted by molar-refractivity contribution is 7.77. The minimum atomic E-state index is -0.561. The molecule has 0 aliphatic carbocycles. The lowest BCUT2D eigenvalue weighted by Gasteiger charge is -2.42. The van der Waals surface area contributed by atoms with Gasteiger partial charge in [-0.3, -0.25) is 0 Å². The van der Waals surface area contributed by atoms with Crippen molar-refractivity contribution in [2.45, 2.75) is 34.1 Å². The fourth-order valence-corrected chi connectivity index (χ4v) is 39.4. The smallest absolute Gasteiger partial charge is 0.0164 e. The van der Waals surface area contributed by atoms with Gasteiger partial charge in [0.15, 0.2) is 0 Å². The fraction of sp³-hybridized carbons (Fsp3) is 0.143. The first kappa shape index (κ1) is 87.3. The Morgan fingerprint density at radius 2 is 0.242 bits per heavy atom. The number of benzene rings is 16. The fourth-order valence-electron chi connectivity index (χ4n) is 16.1. The largest absolute Gasteiger partial charge is 0.0648 e. The third kappa shape index (κ3) is 24.9. The molecule has 0 unspecified atom stereocenters. The molecule has 8 heteroatoms. The second-order valence-electron chi connectivity index (χ2n) is 31.9. The molecule has 0 saturated carbocycles. The number of hydrogen-bond acceptors (Lipinski definition) is 0. The standard InChI is InChI=1S/C42H41P3.C41H39P3.C29H30P2/c1-2-42(33-43(36-21-9-3-10-22-36)37-23-11-4-12-24-37,34-44(38-25-13-5-14-26-38)39-27-15-6-16-28-39)35-45(40-29-17-7-18-30-40)41-31-19-8-20-32-41;1-41(32-42(35-20-8-2-9-21-35)36-22-10-3-11-23-36,33-43(37-24-12-4-13-25-37)38-26-14-5-15-27-38)34-44(39-28-16-6-17-29-39)40-30-18-7-19-31-40;1-29(2,23-30(25-15-7-3-8-16-25)26-17-9-4-10-18-26)24-31(27-19-11-5-12-20-27)28-21-13-6-14-22-28/h3-32H,2,33-35H2,1H3;2-31H,32-34H2,1H3;3-22H,23-24H2,1-2H3. The summed E-state index contributed by atoms with van der Waals surface area (Å²) in [5.74, 6) is 0. The van der Waals surface area contributed by atoms with Crippen molar-refractivity contribution >= 4 is 148 Å². The maximum Gasteiger partial charge on any atom is -0.0164 e. The molecule has 0 atom stereocenters. The van der Waals surface area contributed by atoms with Crippen molar-refractivity contribution in [3.8, 4) is 0 Å². The average molecular weight is 1700 g/mol. The topological polar surface area (TPSA) is 0 Å². The van der Waals surface area contributed by atoms with Crippen LogP contribution in [0.4, 0.5) is 0 Å². The second-order valence-corrected chi connectivity index (χ2v) is 49.5. The molecule has 0 aliphatic heterocycles. The summed E-state index contributed by atoms with van der Waals surface area (Å²) in [4.78, 5) is 0. The van der Waals surface area contributed by atoms with Gasteiger partial charge in [0.05, 0.1) is 0 Å². The number of hydrogen-bond donors (Lipinski definition) is 0. The molecule has 0 nitrogen and oxygen atoms in total. The molecule has 0 radical (unpaired) electrons. The van der Waals surface area contributed by atoms with Crippen LogP contribution in [0.3, 0.4) is 0 Å². The highest BCUT2D eigenvalue weighted by atomic mass is 31.1. The first-order valence-corrected chi connectivity index (χ1v) is 54.3. The minimum absolute atomic E-state index is 0.0756. The lowest BCUT2D eigenvalue weighted by molar-refractivity contribution is 0.422. The van der Waals surface area contributed by atoms with Crippen molar-refractivity contribution in [3.63, 3.8) is 0 Å². The van der Waals surface area contributed by atoms with Gasteiger partial charge in [0, 0.05) is 0 Å². The van der Waals surface area contributed by atoms with Gasteiger partial charge in [0.1, 0.15) is 0 Å². The zero-order valence-corrected chi connectivity index (χ0v) is 76.8. The molecule has 0 aromatic heterocycles. The van der Waals surface area contributed by atoms with E-state index >= 15 is 0 Å². The molecule has 0 spiro atoms. The van der Waals surface area contributed by atoms with Crippen LogP contribution in [-0.2, 0) is 0 Å². The molecule has 16 aromatic rings. The van der Waals surface area contributed by atoms with E-state index in [9.17, 15) is 0 Å². The maximum atomic E-state index is 2.61. The molecule has 0 bridgehead atoms. The van der Waals surface area contributed by atoms with Crippen molar-refractivity contribution in [3.05, 3.63) is 485 Å². The van der Waals surface area contributed by atoms with E-state index < -0.39 is 63.4 Å². The summed E-state index contributed by atoms with van der Waals surface area (Å²) in [6, 6.07) is 180. The summed E-state index contributed by atoms with van der Waals surface area (Å²) < 4.78 is 0. The van der Waals surface area contributed by atoms with E-state index in [1.165, 1.54) is 116 Å². The van der Waals surface area contributed by atoms with Gasteiger partial charge in [-0.1, -0.05) is 513 Å². The van der Waals surface area contributed by atoms with Gasteiger partial charge in [-0.25, -0.2) is 0 Å². The summed E-state index contributed by atoms with van der Waals surface area (Å²) in [5, 5.41) is 23.5. The Labute approximate surface area is 727 Å². The summed E-state index contributed by atoms with van der Waals surface area (Å²) in [6.07, 6.45) is 10.5. The summed E-state index contributed by atoms with van der Waals surface area (Å²) >= 11 is 0. The van der Waals surface area contributed by atoms with Crippen LogP contribution in [0, 0.1) is 16.2 Å². The van der Waals surface area contributed by atoms with Crippen LogP contribution in [0.2, 0.25) is 0 Å². The molecular weight excluding hydrogens is 1590 g/mol. The Bertz CT molecular complexity index is 4700. The van der Waals surface area contributed by atoms with E-state index in [1.807, 2.05) is 0 Å². The SMILES string of the molecule is CC(C)(CP(c1ccccc1)c1ccccc1)CP(c1ccccc1)c1ccccc1.CC(CP(c1ccccc1)c1ccccc1)(CP(c1ccccc1)c1ccccc1)CP(c1ccccc1)c1ccccc1.CCC(CP(c1ccccc1)c1ccccc1)(CP(c1ccccc1)c1ccccc1)CP(c1ccccc1)c1ccccc1. The lowest BCUT2D eigenvalue weighted by Crippen LogP contribution is -2.38. The zero-order valence-electron chi connectivity index (χ0n) is 69.6. The van der Waals surface area contributed by atoms with Gasteiger partial charge < -0.3 is 0 Å². The maximum absolute atomic E-state index is 2.61. The Kier molecular flexibility index (Phi) is 32.9. The van der Waals surface area contributed by atoms with E-state index in [-0.39, 0.29) is 16.2 Å². The molecule has 0 saturated heterocycles. The molecular formula is C112H110P8. The van der Waals surface area contributed by atoms with E-state index in [0.717, 1.165) is 24.9 Å². The molecule has 16 rings (SSSR count). The van der Waals surface area contributed by atoms with Crippen LogP contribution in [0.1, 0.15) is 34.1 Å². The van der Waals surface area contributed by atoms with Gasteiger partial charge in [0.25, 0.3) is 0 Å². The van der Waals surface area contributed by atoms with Crippen LogP contribution < -0.4 is 84.9 Å². The highest BCUT2D eigenvalue weighted by Crippen LogP contribution is 2.56. The third-order valence-electron chi connectivity index (χ3n) is 22.1. The third-order valence-corrected chi connectivity index (χ3v) is 45.4. The molecule has 598 valence electrons. The molecule has 16 aromatic carbocycles. The molecule has 0 fully saturated rings. The van der Waals surface area contributed by atoms with Gasteiger partial charge in [-0.2, -0.15) is 0 Å². The molecule has 120 heavy (non-hydrogen) atoms. The Hall–Kier alpha value is -9.04. The van der Waals surface area contributed by atoms with Crippen LogP contribution in [-0.4, -0.2) is 49.3 Å². The predicted octanol–water partition coefficient (Wildman–Crippen LogP) is 23.5. The Morgan fingerprint density at radius 1 is 0.142 bits per heavy atom. The van der Waals surface area contributed by atoms with E-state index in [2.05, 4.69) is 513 Å². The van der Waals surface area contributed by atoms with Crippen molar-refractivity contribution in [2.24, 2.45) is 16.2 Å². The molecule has 0 amide bonds. The van der Waals surface area contributed by atoms with Crippen LogP contribution in [0.5, 0.6) is 0 Å². The lowest BCUT2D eigenvalue weighted by atomic mass is 9.92. The van der Waals surface area contributed by atoms with Crippen LogP contribution in [0.15, 0.2) is 485 Å². The van der Waals surface area contributed by atoms with Crippen molar-refractivity contribution in [1.82, 2.24) is 0 Å². The zero-order chi connectivity index (χ0) is 82.3. The number of rotatable bonds is 33. The van der Waals surface area contributed by atoms with Gasteiger partial charge >= 0.3 is 0 Å². The second kappa shape index (κ2) is 45.2. The average Bonchev–Trinajstić information content (AvgIpc) is 0.778. The predicted molar refractivity (Wildman–Crippen MR) is 546 cm³/mol. The van der Waals surface area contributed by atoms with Crippen LogP contribution in [0.25, 0.3) is 0 Å². The monoisotopic (exact) mass is 1700 g/mol. The van der Waals surface area contributed by atoms with E-state index in [4.69, 9.17) is 0 Å². The quantitative estimate of drug-likeness (QED) is 0.0360. The summed E-state index contributed by atoms with van der Waals surface area (Å²) in [5.41, 5.74) is 0.410. The van der Waals surface area contributed by atoms with Crippen molar-refractivity contribution in [1.29, 1.82) is 0 Å². The molecule has 0 aliphatic rings. The van der Waals surface area contributed by atoms with Crippen molar-refractivity contribution < 1.29 is 0 Å². The summed E-state index contributed by atoms with van der Waals surface area (Å²) in [6.45, 7) is 10.0. The van der Waals surface area contributed by atoms with Gasteiger partial charge in [-0.05, 0) is 220 Å². The van der Waals surface area contributed by atoms with Crippen molar-refractivity contribution in [2.75, 3.05) is 49.3 Å². The Morgan fingerprint density at radius 3 is 0.350 bits per heavy atom. The van der Waals surface area contributed by atoms with E-state index in [0.29, 0.717) is 0 Å². The minimum Gasteiger partial charge on any atom is -0.0648 e. The summed E-state index contributed by atoms with van der Waals surface area (Å²) in [7, 11) is -4.14. The Balaban J connectivity index is 0.000000150. The highest BCUT2D eigenvalue weighted by Gasteiger charge is 2.41. The van der Waals surface area contributed by atoms with Crippen LogP contribution >= 0.6 is 63.4 Å². The van der Waals surface area contributed by atoms with Gasteiger partial charge in [-0.15, -0.1) is 0 Å². The first-order chi connectivity index (χ1) is 59.1. The molecule has 0 N–H and O–H groups in total. The van der Waals surface area contributed by atoms with Gasteiger partial charge in [0.2, 0.25) is 0 Å². The normalized spacial score (nSPS) is 11.7.